The van der Waals surface area contributed by atoms with E-state index in [2.05, 4.69) is 6.08 Å². The summed E-state index contributed by atoms with van der Waals surface area (Å²) in [5.74, 6) is 1.52. The van der Waals surface area contributed by atoms with Gasteiger partial charge in [0.25, 0.3) is 5.37 Å². The summed E-state index contributed by atoms with van der Waals surface area (Å²) in [7, 11) is 3.27. The summed E-state index contributed by atoms with van der Waals surface area (Å²) in [6, 6.07) is 5.92. The standard InChI is InChI=1S/C19H26NO3S/c1-22-17-10-9-15(13-18(17)23-2)11-12-20(19(21)14-24-3)16-7-5-4-6-8-16/h7,9-10,13-14H,4-6,8,11-12H2,1-3H3/q+1. The number of ether oxygens (including phenoxy) is 2. The van der Waals surface area contributed by atoms with E-state index >= 15 is 0 Å². The van der Waals surface area contributed by atoms with E-state index in [0.29, 0.717) is 6.54 Å². The Balaban J connectivity index is 2.12. The summed E-state index contributed by atoms with van der Waals surface area (Å²) in [4.78, 5) is 14.4. The molecule has 0 fully saturated rings. The zero-order chi connectivity index (χ0) is 17.4. The van der Waals surface area contributed by atoms with Gasteiger partial charge in [-0.1, -0.05) is 12.1 Å². The molecule has 2 rings (SSSR count). The van der Waals surface area contributed by atoms with E-state index in [1.165, 1.54) is 17.8 Å². The Kier molecular flexibility index (Phi) is 7.25. The molecule has 0 spiro atoms. The molecule has 0 radical (unpaired) electrons. The number of methoxy groups -OCH3 is 2. The maximum absolute atomic E-state index is 12.5. The molecule has 0 saturated heterocycles. The van der Waals surface area contributed by atoms with Crippen molar-refractivity contribution in [3.63, 3.8) is 0 Å². The molecule has 1 aromatic carbocycles. The van der Waals surface area contributed by atoms with Crippen LogP contribution in [0.25, 0.3) is 0 Å². The minimum Gasteiger partial charge on any atom is -0.493 e. The van der Waals surface area contributed by atoms with Gasteiger partial charge in [-0.3, -0.25) is 4.79 Å². The molecule has 0 aliphatic heterocycles. The van der Waals surface area contributed by atoms with Crippen LogP contribution in [0.15, 0.2) is 30.0 Å². The van der Waals surface area contributed by atoms with Crippen molar-refractivity contribution in [2.45, 2.75) is 32.1 Å². The van der Waals surface area contributed by atoms with E-state index < -0.39 is 0 Å². The largest absolute Gasteiger partial charge is 0.493 e. The van der Waals surface area contributed by atoms with Gasteiger partial charge in [-0.05, 0) is 49.8 Å². The molecule has 1 aliphatic rings. The van der Waals surface area contributed by atoms with Gasteiger partial charge in [-0.2, -0.15) is 0 Å². The number of hydrogen-bond acceptors (Lipinski definition) is 3. The molecule has 130 valence electrons. The highest BCUT2D eigenvalue weighted by Gasteiger charge is 2.20. The summed E-state index contributed by atoms with van der Waals surface area (Å²) < 4.78 is 10.6. The van der Waals surface area contributed by atoms with Crippen molar-refractivity contribution in [2.24, 2.45) is 0 Å². The molecular formula is C19H26NO3S+. The van der Waals surface area contributed by atoms with Gasteiger partial charge in [0, 0.05) is 12.2 Å². The normalized spacial score (nSPS) is 14.4. The Labute approximate surface area is 148 Å². The Morgan fingerprint density at radius 2 is 2.04 bits per heavy atom. The average molecular weight is 348 g/mol. The number of hydrogen-bond donors (Lipinski definition) is 0. The first-order valence-corrected chi connectivity index (χ1v) is 9.55. The maximum Gasteiger partial charge on any atom is 0.308 e. The predicted molar refractivity (Wildman–Crippen MR) is 101 cm³/mol. The minimum absolute atomic E-state index is 0.0797. The number of amides is 1. The fraction of sp³-hybridized carbons (Fsp3) is 0.474. The molecule has 0 saturated carbocycles. The molecule has 1 aliphatic carbocycles. The molecule has 0 aromatic heterocycles. The van der Waals surface area contributed by atoms with E-state index in [9.17, 15) is 4.79 Å². The highest BCUT2D eigenvalue weighted by Crippen LogP contribution is 2.28. The number of benzene rings is 1. The van der Waals surface area contributed by atoms with Crippen LogP contribution in [0.2, 0.25) is 0 Å². The van der Waals surface area contributed by atoms with Crippen molar-refractivity contribution in [1.29, 1.82) is 0 Å². The van der Waals surface area contributed by atoms with Gasteiger partial charge in [0.2, 0.25) is 0 Å². The molecule has 0 heterocycles. The van der Waals surface area contributed by atoms with E-state index in [1.807, 2.05) is 29.4 Å². The van der Waals surface area contributed by atoms with E-state index in [0.717, 1.165) is 48.4 Å². The summed E-state index contributed by atoms with van der Waals surface area (Å²) >= 11 is 1.45. The quantitative estimate of drug-likeness (QED) is 0.561. The lowest BCUT2D eigenvalue weighted by molar-refractivity contribution is -0.121. The van der Waals surface area contributed by atoms with Crippen molar-refractivity contribution in [3.8, 4) is 11.5 Å². The molecule has 0 bridgehead atoms. The van der Waals surface area contributed by atoms with E-state index in [4.69, 9.17) is 9.47 Å². The van der Waals surface area contributed by atoms with E-state index in [1.54, 1.807) is 19.6 Å². The third-order valence-electron chi connectivity index (χ3n) is 4.17. The third kappa shape index (κ3) is 4.81. The molecule has 4 nitrogen and oxygen atoms in total. The highest BCUT2D eigenvalue weighted by molar-refractivity contribution is 7.78. The summed E-state index contributed by atoms with van der Waals surface area (Å²) in [6.45, 7) is 0.678. The Hall–Kier alpha value is -1.88. The van der Waals surface area contributed by atoms with Crippen molar-refractivity contribution in [3.05, 3.63) is 35.5 Å². The zero-order valence-corrected chi connectivity index (χ0v) is 15.5. The maximum atomic E-state index is 12.5. The van der Waals surface area contributed by atoms with Crippen LogP contribution in [0, 0.1) is 0 Å². The topological polar surface area (TPSA) is 38.8 Å². The van der Waals surface area contributed by atoms with Crippen LogP contribution in [0.4, 0.5) is 0 Å². The number of allylic oxidation sites excluding steroid dienone is 2. The second-order valence-corrected chi connectivity index (χ2v) is 6.43. The van der Waals surface area contributed by atoms with Gasteiger partial charge in [-0.25, -0.2) is 0 Å². The number of rotatable bonds is 7. The van der Waals surface area contributed by atoms with E-state index in [-0.39, 0.29) is 5.91 Å². The zero-order valence-electron chi connectivity index (χ0n) is 14.7. The molecule has 24 heavy (non-hydrogen) atoms. The number of carbonyl (C=O) groups excluding carboxylic acids is 1. The second-order valence-electron chi connectivity index (χ2n) is 5.72. The third-order valence-corrected chi connectivity index (χ3v) is 4.61. The first-order chi connectivity index (χ1) is 11.7. The molecule has 1 aromatic rings. The average Bonchev–Trinajstić information content (AvgIpc) is 2.62. The van der Waals surface area contributed by atoms with Gasteiger partial charge in [0.15, 0.2) is 29.1 Å². The van der Waals surface area contributed by atoms with Crippen molar-refractivity contribution >= 4 is 22.6 Å². The Morgan fingerprint density at radius 3 is 2.67 bits per heavy atom. The summed E-state index contributed by atoms with van der Waals surface area (Å²) in [5, 5.41) is 1.68. The Morgan fingerprint density at radius 1 is 1.25 bits per heavy atom. The van der Waals surface area contributed by atoms with Crippen LogP contribution in [0.5, 0.6) is 11.5 Å². The van der Waals surface area contributed by atoms with Crippen LogP contribution in [0.3, 0.4) is 0 Å². The number of nitrogens with zero attached hydrogens (tertiary/aromatic N) is 1. The fourth-order valence-corrected chi connectivity index (χ4v) is 3.23. The smallest absolute Gasteiger partial charge is 0.308 e. The van der Waals surface area contributed by atoms with Crippen LogP contribution < -0.4 is 9.47 Å². The minimum atomic E-state index is 0.0797. The monoisotopic (exact) mass is 348 g/mol. The fourth-order valence-electron chi connectivity index (χ4n) is 2.90. The van der Waals surface area contributed by atoms with Crippen LogP contribution >= 0.6 is 0 Å². The molecule has 5 heteroatoms. The van der Waals surface area contributed by atoms with Gasteiger partial charge >= 0.3 is 5.91 Å². The lowest BCUT2D eigenvalue weighted by atomic mass is 10.0. The summed E-state index contributed by atoms with van der Waals surface area (Å²) in [6.07, 6.45) is 9.34. The SMILES string of the molecule is COc1ccc(CCN(C(=O)C=[S+]C)C2=CCCCC2)cc1OC. The number of carbonyl (C=O) groups is 1. The van der Waals surface area contributed by atoms with Gasteiger partial charge in [-0.15, -0.1) is 0 Å². The predicted octanol–water partition coefficient (Wildman–Crippen LogP) is 3.05. The van der Waals surface area contributed by atoms with Crippen molar-refractivity contribution in [2.75, 3.05) is 27.0 Å². The van der Waals surface area contributed by atoms with Crippen molar-refractivity contribution < 1.29 is 14.3 Å². The van der Waals surface area contributed by atoms with Crippen LogP contribution in [0.1, 0.15) is 31.2 Å². The van der Waals surface area contributed by atoms with Gasteiger partial charge in [0.05, 0.1) is 14.2 Å². The molecule has 1 amide bonds. The lowest BCUT2D eigenvalue weighted by Gasteiger charge is -2.25. The second kappa shape index (κ2) is 9.42. The van der Waals surface area contributed by atoms with Gasteiger partial charge in [0.1, 0.15) is 0 Å². The Bertz CT molecular complexity index is 625. The molecule has 0 N–H and O–H groups in total. The lowest BCUT2D eigenvalue weighted by Crippen LogP contribution is -2.34. The highest BCUT2D eigenvalue weighted by atomic mass is 32.1. The molecule has 0 atom stereocenters. The first kappa shape index (κ1) is 18.5. The first-order valence-electron chi connectivity index (χ1n) is 8.27. The van der Waals surface area contributed by atoms with Crippen LogP contribution in [-0.2, 0) is 22.6 Å². The van der Waals surface area contributed by atoms with Crippen molar-refractivity contribution in [1.82, 2.24) is 4.90 Å². The van der Waals surface area contributed by atoms with Crippen LogP contribution in [-0.4, -0.2) is 43.2 Å². The van der Waals surface area contributed by atoms with Gasteiger partial charge < -0.3 is 14.4 Å². The summed E-state index contributed by atoms with van der Waals surface area (Å²) in [5.41, 5.74) is 2.29. The molecular weight excluding hydrogens is 322 g/mol. The molecule has 0 unspecified atom stereocenters.